The Morgan fingerprint density at radius 1 is 1.53 bits per heavy atom. The lowest BCUT2D eigenvalue weighted by Gasteiger charge is -2.19. The lowest BCUT2D eigenvalue weighted by Crippen LogP contribution is -2.36. The maximum Gasteiger partial charge on any atom is 0.253 e. The second-order valence-electron chi connectivity index (χ2n) is 4.82. The van der Waals surface area contributed by atoms with Gasteiger partial charge in [-0.15, -0.1) is 0 Å². The Morgan fingerprint density at radius 2 is 2.26 bits per heavy atom. The van der Waals surface area contributed by atoms with Crippen molar-refractivity contribution in [2.75, 3.05) is 25.4 Å². The van der Waals surface area contributed by atoms with Gasteiger partial charge in [0.2, 0.25) is 0 Å². The first-order valence-corrected chi connectivity index (χ1v) is 7.07. The quantitative estimate of drug-likeness (QED) is 0.786. The highest BCUT2D eigenvalue weighted by atomic mass is 35.5. The molecule has 4 nitrogen and oxygen atoms in total. The van der Waals surface area contributed by atoms with E-state index in [2.05, 4.69) is 17.1 Å². The molecule has 2 rings (SSSR count). The number of nitrogens with one attached hydrogen (secondary N) is 1. The molecule has 0 heterocycles. The van der Waals surface area contributed by atoms with Crippen LogP contribution in [0.5, 0.6) is 0 Å². The number of rotatable bonds is 6. The van der Waals surface area contributed by atoms with E-state index in [9.17, 15) is 4.79 Å². The number of para-hydroxylation sites is 1. The van der Waals surface area contributed by atoms with Gasteiger partial charge < -0.3 is 11.1 Å². The van der Waals surface area contributed by atoms with Crippen LogP contribution in [0.3, 0.4) is 0 Å². The summed E-state index contributed by atoms with van der Waals surface area (Å²) in [6, 6.07) is 5.82. The highest BCUT2D eigenvalue weighted by Crippen LogP contribution is 2.26. The molecule has 104 valence electrons. The van der Waals surface area contributed by atoms with Crippen molar-refractivity contribution >= 4 is 23.2 Å². The third-order valence-corrected chi connectivity index (χ3v) is 3.78. The van der Waals surface area contributed by atoms with Gasteiger partial charge in [0.15, 0.2) is 0 Å². The lowest BCUT2D eigenvalue weighted by molar-refractivity contribution is 0.0949. The first kappa shape index (κ1) is 14.2. The molecule has 1 aliphatic carbocycles. The molecule has 1 fully saturated rings. The molecule has 0 aromatic heterocycles. The molecule has 0 saturated heterocycles. The van der Waals surface area contributed by atoms with E-state index in [1.54, 1.807) is 18.2 Å². The van der Waals surface area contributed by atoms with Crippen molar-refractivity contribution in [3.63, 3.8) is 0 Å². The molecule has 5 heteroatoms. The molecule has 0 spiro atoms. The minimum Gasteiger partial charge on any atom is -0.397 e. The summed E-state index contributed by atoms with van der Waals surface area (Å²) in [5, 5.41) is 3.31. The average Bonchev–Trinajstić information content (AvgIpc) is 3.22. The zero-order valence-corrected chi connectivity index (χ0v) is 11.9. The molecule has 0 radical (unpaired) electrons. The molecule has 0 atom stereocenters. The zero-order chi connectivity index (χ0) is 13.8. The van der Waals surface area contributed by atoms with Crippen LogP contribution in [0.4, 0.5) is 5.69 Å². The summed E-state index contributed by atoms with van der Waals surface area (Å²) in [5.41, 5.74) is 6.59. The van der Waals surface area contributed by atoms with Gasteiger partial charge in [-0.2, -0.15) is 0 Å². The Labute approximate surface area is 118 Å². The topological polar surface area (TPSA) is 58.4 Å². The van der Waals surface area contributed by atoms with Gasteiger partial charge in [0.1, 0.15) is 0 Å². The van der Waals surface area contributed by atoms with E-state index < -0.39 is 0 Å². The molecule has 0 unspecified atom stereocenters. The summed E-state index contributed by atoms with van der Waals surface area (Å²) in [6.07, 6.45) is 2.56. The van der Waals surface area contributed by atoms with Crippen molar-refractivity contribution in [2.45, 2.75) is 25.8 Å². The number of nitrogen functional groups attached to an aromatic ring is 1. The van der Waals surface area contributed by atoms with Gasteiger partial charge in [-0.25, -0.2) is 0 Å². The largest absolute Gasteiger partial charge is 0.397 e. The Balaban J connectivity index is 1.85. The number of halogens is 1. The highest BCUT2D eigenvalue weighted by Gasteiger charge is 2.27. The monoisotopic (exact) mass is 281 g/mol. The van der Waals surface area contributed by atoms with Crippen LogP contribution < -0.4 is 11.1 Å². The number of carbonyl (C=O) groups excluding carboxylic acids is 1. The molecule has 0 aliphatic heterocycles. The Morgan fingerprint density at radius 3 is 2.89 bits per heavy atom. The van der Waals surface area contributed by atoms with E-state index in [-0.39, 0.29) is 5.91 Å². The number of nitrogens with zero attached hydrogens (tertiary/aromatic N) is 1. The number of anilines is 1. The minimum absolute atomic E-state index is 0.160. The van der Waals surface area contributed by atoms with Crippen molar-refractivity contribution in [1.29, 1.82) is 0 Å². The fourth-order valence-electron chi connectivity index (χ4n) is 2.18. The molecule has 1 aliphatic rings. The number of nitrogens with two attached hydrogens (primary N) is 1. The molecule has 19 heavy (non-hydrogen) atoms. The van der Waals surface area contributed by atoms with E-state index in [0.717, 1.165) is 19.1 Å². The average molecular weight is 282 g/mol. The van der Waals surface area contributed by atoms with E-state index in [4.69, 9.17) is 17.3 Å². The second-order valence-corrected chi connectivity index (χ2v) is 5.22. The van der Waals surface area contributed by atoms with Crippen molar-refractivity contribution in [1.82, 2.24) is 10.2 Å². The maximum atomic E-state index is 12.0. The van der Waals surface area contributed by atoms with Crippen LogP contribution in [0, 0.1) is 0 Å². The van der Waals surface area contributed by atoms with Crippen LogP contribution in [-0.4, -0.2) is 36.5 Å². The van der Waals surface area contributed by atoms with Crippen molar-refractivity contribution < 1.29 is 4.79 Å². The Hall–Kier alpha value is -1.26. The maximum absolute atomic E-state index is 12.0. The van der Waals surface area contributed by atoms with Crippen LogP contribution in [0.15, 0.2) is 18.2 Å². The Bertz CT molecular complexity index is 460. The number of amides is 1. The fraction of sp³-hybridized carbons (Fsp3) is 0.500. The first-order valence-electron chi connectivity index (χ1n) is 6.69. The van der Waals surface area contributed by atoms with E-state index in [1.807, 2.05) is 0 Å². The summed E-state index contributed by atoms with van der Waals surface area (Å²) >= 11 is 5.90. The second kappa shape index (κ2) is 6.26. The van der Waals surface area contributed by atoms with Gasteiger partial charge in [0, 0.05) is 19.1 Å². The standard InChI is InChI=1S/C14H20ClN3O/c1-2-18(10-6-7-10)9-8-17-14(19)11-4-3-5-12(15)13(11)16/h3-5,10H,2,6-9,16H2,1H3,(H,17,19). The predicted octanol–water partition coefficient (Wildman–Crippen LogP) is 2.14. The summed E-state index contributed by atoms with van der Waals surface area (Å²) in [6.45, 7) is 4.69. The first-order chi connectivity index (χ1) is 9.13. The van der Waals surface area contributed by atoms with Crippen LogP contribution in [0.25, 0.3) is 0 Å². The third kappa shape index (κ3) is 3.61. The van der Waals surface area contributed by atoms with Gasteiger partial charge >= 0.3 is 0 Å². The Kier molecular flexibility index (Phi) is 4.66. The highest BCUT2D eigenvalue weighted by molar-refractivity contribution is 6.33. The molecule has 1 saturated carbocycles. The number of carbonyl (C=O) groups is 1. The van der Waals surface area contributed by atoms with Crippen LogP contribution >= 0.6 is 11.6 Å². The van der Waals surface area contributed by atoms with Crippen molar-refractivity contribution in [3.8, 4) is 0 Å². The normalized spacial score (nSPS) is 14.7. The van der Waals surface area contributed by atoms with E-state index >= 15 is 0 Å². The summed E-state index contributed by atoms with van der Waals surface area (Å²) in [7, 11) is 0. The number of hydrogen-bond donors (Lipinski definition) is 2. The van der Waals surface area contributed by atoms with Gasteiger partial charge in [0.05, 0.1) is 16.3 Å². The molecule has 3 N–H and O–H groups in total. The predicted molar refractivity (Wildman–Crippen MR) is 78.5 cm³/mol. The van der Waals surface area contributed by atoms with Gasteiger partial charge in [-0.3, -0.25) is 9.69 Å². The van der Waals surface area contributed by atoms with Crippen molar-refractivity contribution in [3.05, 3.63) is 28.8 Å². The molecule has 0 bridgehead atoms. The molecule has 1 aromatic carbocycles. The van der Waals surface area contributed by atoms with Crippen LogP contribution in [0.1, 0.15) is 30.1 Å². The molecule has 1 amide bonds. The van der Waals surface area contributed by atoms with E-state index in [1.165, 1.54) is 12.8 Å². The summed E-state index contributed by atoms with van der Waals surface area (Å²) in [4.78, 5) is 14.4. The number of likely N-dealkylation sites (N-methyl/N-ethyl adjacent to an activating group) is 1. The molecular weight excluding hydrogens is 262 g/mol. The number of benzene rings is 1. The van der Waals surface area contributed by atoms with Gasteiger partial charge in [-0.05, 0) is 31.5 Å². The van der Waals surface area contributed by atoms with Gasteiger partial charge in [-0.1, -0.05) is 24.6 Å². The fourth-order valence-corrected chi connectivity index (χ4v) is 2.36. The zero-order valence-electron chi connectivity index (χ0n) is 11.2. The van der Waals surface area contributed by atoms with Crippen LogP contribution in [-0.2, 0) is 0 Å². The lowest BCUT2D eigenvalue weighted by atomic mass is 10.1. The third-order valence-electron chi connectivity index (χ3n) is 3.45. The minimum atomic E-state index is -0.160. The van der Waals surface area contributed by atoms with E-state index in [0.29, 0.717) is 22.8 Å². The smallest absolute Gasteiger partial charge is 0.253 e. The SMILES string of the molecule is CCN(CCNC(=O)c1cccc(Cl)c1N)C1CC1. The number of hydrogen-bond acceptors (Lipinski definition) is 3. The van der Waals surface area contributed by atoms with Crippen LogP contribution in [0.2, 0.25) is 5.02 Å². The van der Waals surface area contributed by atoms with Gasteiger partial charge in [0.25, 0.3) is 5.91 Å². The van der Waals surface area contributed by atoms with Crippen molar-refractivity contribution in [2.24, 2.45) is 0 Å². The summed E-state index contributed by atoms with van der Waals surface area (Å²) in [5.74, 6) is -0.160. The summed E-state index contributed by atoms with van der Waals surface area (Å²) < 4.78 is 0. The molecule has 1 aromatic rings. The molecular formula is C14H20ClN3O.